The van der Waals surface area contributed by atoms with Gasteiger partial charge in [0.15, 0.2) is 0 Å². The lowest BCUT2D eigenvalue weighted by molar-refractivity contribution is -0.138. The van der Waals surface area contributed by atoms with Crippen LogP contribution in [0.2, 0.25) is 0 Å². The summed E-state index contributed by atoms with van der Waals surface area (Å²) in [6.45, 7) is 0. The number of rotatable bonds is 3. The Morgan fingerprint density at radius 3 is 2.05 bits per heavy atom. The van der Waals surface area contributed by atoms with Crippen LogP contribution in [0.25, 0.3) is 0 Å². The molecule has 0 saturated carbocycles. The van der Waals surface area contributed by atoms with E-state index in [4.69, 9.17) is 0 Å². The van der Waals surface area contributed by atoms with Crippen molar-refractivity contribution in [1.29, 1.82) is 0 Å². The van der Waals surface area contributed by atoms with Crippen molar-refractivity contribution in [2.24, 2.45) is 5.10 Å². The molecule has 2 aromatic carbocycles. The van der Waals surface area contributed by atoms with Gasteiger partial charge in [0.2, 0.25) is 0 Å². The third-order valence-electron chi connectivity index (χ3n) is 2.57. The Morgan fingerprint density at radius 2 is 1.52 bits per heavy atom. The van der Waals surface area contributed by atoms with E-state index < -0.39 is 28.9 Å². The third-order valence-corrected chi connectivity index (χ3v) is 2.57. The lowest BCUT2D eigenvalue weighted by Crippen LogP contribution is -2.08. The van der Waals surface area contributed by atoms with Gasteiger partial charge in [-0.3, -0.25) is 5.43 Å². The van der Waals surface area contributed by atoms with Gasteiger partial charge in [-0.25, -0.2) is 8.78 Å². The lowest BCUT2D eigenvalue weighted by Gasteiger charge is -2.08. The molecule has 21 heavy (non-hydrogen) atoms. The molecule has 0 saturated heterocycles. The van der Waals surface area contributed by atoms with Crippen LogP contribution in [-0.2, 0) is 6.18 Å². The molecule has 0 atom stereocenters. The van der Waals surface area contributed by atoms with Gasteiger partial charge in [0.25, 0.3) is 0 Å². The normalized spacial score (nSPS) is 11.9. The zero-order chi connectivity index (χ0) is 15.5. The van der Waals surface area contributed by atoms with Crippen molar-refractivity contribution in [3.8, 4) is 0 Å². The zero-order valence-electron chi connectivity index (χ0n) is 10.5. The number of anilines is 1. The molecule has 0 amide bonds. The first-order valence-electron chi connectivity index (χ1n) is 5.78. The predicted molar refractivity (Wildman–Crippen MR) is 69.0 cm³/mol. The van der Waals surface area contributed by atoms with Crippen molar-refractivity contribution in [3.05, 3.63) is 65.2 Å². The van der Waals surface area contributed by atoms with Crippen LogP contribution in [0, 0.1) is 11.6 Å². The van der Waals surface area contributed by atoms with Crippen LogP contribution in [-0.4, -0.2) is 6.21 Å². The average molecular weight is 300 g/mol. The maximum Gasteiger partial charge on any atom is 0.416 e. The maximum absolute atomic E-state index is 13.5. The minimum absolute atomic E-state index is 0.229. The molecule has 2 nitrogen and oxygen atoms in total. The van der Waals surface area contributed by atoms with E-state index in [-0.39, 0.29) is 12.1 Å². The van der Waals surface area contributed by atoms with Crippen LogP contribution in [0.15, 0.2) is 47.6 Å². The summed E-state index contributed by atoms with van der Waals surface area (Å²) in [4.78, 5) is 0. The molecular weight excluding hydrogens is 291 g/mol. The predicted octanol–water partition coefficient (Wildman–Crippen LogP) is 4.43. The van der Waals surface area contributed by atoms with Gasteiger partial charge in [0.05, 0.1) is 23.0 Å². The number of nitrogens with zero attached hydrogens (tertiary/aromatic N) is 1. The number of benzene rings is 2. The van der Waals surface area contributed by atoms with Crippen molar-refractivity contribution in [1.82, 2.24) is 0 Å². The van der Waals surface area contributed by atoms with Gasteiger partial charge in [-0.05, 0) is 24.3 Å². The summed E-state index contributed by atoms with van der Waals surface area (Å²) in [5.41, 5.74) is 1.05. The van der Waals surface area contributed by atoms with E-state index in [0.29, 0.717) is 5.69 Å². The largest absolute Gasteiger partial charge is 0.416 e. The van der Waals surface area contributed by atoms with Crippen molar-refractivity contribution < 1.29 is 22.0 Å². The summed E-state index contributed by atoms with van der Waals surface area (Å²) in [6, 6.07) is 8.99. The number of hydrogen-bond donors (Lipinski definition) is 1. The van der Waals surface area contributed by atoms with Crippen LogP contribution in [0.3, 0.4) is 0 Å². The molecule has 2 aromatic rings. The fourth-order valence-corrected chi connectivity index (χ4v) is 1.56. The van der Waals surface area contributed by atoms with E-state index in [1.807, 2.05) is 0 Å². The zero-order valence-corrected chi connectivity index (χ0v) is 10.5. The Labute approximate surface area is 116 Å². The van der Waals surface area contributed by atoms with E-state index in [1.165, 1.54) is 0 Å². The molecule has 0 heterocycles. The molecule has 110 valence electrons. The molecule has 0 aliphatic rings. The van der Waals surface area contributed by atoms with Gasteiger partial charge < -0.3 is 0 Å². The minimum Gasteiger partial charge on any atom is -0.279 e. The highest BCUT2D eigenvalue weighted by Gasteiger charge is 2.32. The second-order valence-electron chi connectivity index (χ2n) is 4.09. The standard InChI is InChI=1S/C14H9F5N2/c15-12-6-9(14(17,18)19)7-13(16)11(12)8-20-21-10-4-2-1-3-5-10/h1-8,21H. The quantitative estimate of drug-likeness (QED) is 0.506. The second kappa shape index (κ2) is 5.90. The van der Waals surface area contributed by atoms with Crippen LogP contribution < -0.4 is 5.43 Å². The summed E-state index contributed by atoms with van der Waals surface area (Å²) in [5.74, 6) is -2.66. The number of hydrazone groups is 1. The Morgan fingerprint density at radius 1 is 0.952 bits per heavy atom. The summed E-state index contributed by atoms with van der Waals surface area (Å²) in [5, 5.41) is 3.59. The number of para-hydroxylation sites is 1. The second-order valence-corrected chi connectivity index (χ2v) is 4.09. The summed E-state index contributed by atoms with van der Waals surface area (Å²) in [7, 11) is 0. The lowest BCUT2D eigenvalue weighted by atomic mass is 10.1. The monoisotopic (exact) mass is 300 g/mol. The van der Waals surface area contributed by atoms with E-state index in [0.717, 1.165) is 6.21 Å². The average Bonchev–Trinajstić information content (AvgIpc) is 2.42. The molecule has 1 N–H and O–H groups in total. The molecule has 0 unspecified atom stereocenters. The molecule has 0 aliphatic carbocycles. The van der Waals surface area contributed by atoms with Gasteiger partial charge >= 0.3 is 6.18 Å². The third kappa shape index (κ3) is 3.77. The highest BCUT2D eigenvalue weighted by Crippen LogP contribution is 2.31. The molecule has 7 heteroatoms. The Kier molecular flexibility index (Phi) is 4.21. The number of alkyl halides is 3. The number of nitrogens with one attached hydrogen (secondary N) is 1. The Bertz CT molecular complexity index is 627. The van der Waals surface area contributed by atoms with Gasteiger partial charge in [0.1, 0.15) is 11.6 Å². The number of hydrogen-bond acceptors (Lipinski definition) is 2. The van der Waals surface area contributed by atoms with Gasteiger partial charge in [-0.2, -0.15) is 18.3 Å². The van der Waals surface area contributed by atoms with Gasteiger partial charge in [0, 0.05) is 0 Å². The van der Waals surface area contributed by atoms with Crippen molar-refractivity contribution in [3.63, 3.8) is 0 Å². The van der Waals surface area contributed by atoms with Crippen LogP contribution >= 0.6 is 0 Å². The van der Waals surface area contributed by atoms with E-state index >= 15 is 0 Å². The fourth-order valence-electron chi connectivity index (χ4n) is 1.56. The highest BCUT2D eigenvalue weighted by molar-refractivity contribution is 5.81. The van der Waals surface area contributed by atoms with Crippen molar-refractivity contribution in [2.45, 2.75) is 6.18 Å². The Balaban J connectivity index is 2.21. The molecule has 0 aliphatic heterocycles. The highest BCUT2D eigenvalue weighted by atomic mass is 19.4. The maximum atomic E-state index is 13.5. The topological polar surface area (TPSA) is 24.4 Å². The SMILES string of the molecule is Fc1cc(C(F)(F)F)cc(F)c1C=NNc1ccccc1. The fraction of sp³-hybridized carbons (Fsp3) is 0.0714. The first-order chi connectivity index (χ1) is 9.88. The van der Waals surface area contributed by atoms with Gasteiger partial charge in [-0.1, -0.05) is 18.2 Å². The smallest absolute Gasteiger partial charge is 0.279 e. The Hall–Kier alpha value is -2.44. The van der Waals surface area contributed by atoms with Gasteiger partial charge in [-0.15, -0.1) is 0 Å². The first-order valence-corrected chi connectivity index (χ1v) is 5.78. The number of halogens is 5. The van der Waals surface area contributed by atoms with E-state index in [2.05, 4.69) is 10.5 Å². The van der Waals surface area contributed by atoms with Crippen LogP contribution in [0.5, 0.6) is 0 Å². The summed E-state index contributed by atoms with van der Waals surface area (Å²) >= 11 is 0. The van der Waals surface area contributed by atoms with Crippen LogP contribution in [0.4, 0.5) is 27.6 Å². The van der Waals surface area contributed by atoms with Crippen molar-refractivity contribution in [2.75, 3.05) is 5.43 Å². The molecule has 0 bridgehead atoms. The first kappa shape index (κ1) is 15.0. The minimum atomic E-state index is -4.81. The molecule has 0 fully saturated rings. The summed E-state index contributed by atoms with van der Waals surface area (Å²) in [6.07, 6.45) is -4.02. The van der Waals surface area contributed by atoms with E-state index in [1.54, 1.807) is 30.3 Å². The van der Waals surface area contributed by atoms with E-state index in [9.17, 15) is 22.0 Å². The molecule has 0 aromatic heterocycles. The molecule has 2 rings (SSSR count). The summed E-state index contributed by atoms with van der Waals surface area (Å²) < 4.78 is 64.1. The molecule has 0 radical (unpaired) electrons. The van der Waals surface area contributed by atoms with Crippen LogP contribution in [0.1, 0.15) is 11.1 Å². The molecule has 0 spiro atoms. The molecular formula is C14H9F5N2. The van der Waals surface area contributed by atoms with Crippen molar-refractivity contribution >= 4 is 11.9 Å².